The lowest BCUT2D eigenvalue weighted by Crippen LogP contribution is -2.22. The van der Waals surface area contributed by atoms with Crippen molar-refractivity contribution in [2.75, 3.05) is 5.32 Å². The summed E-state index contributed by atoms with van der Waals surface area (Å²) in [6.07, 6.45) is 3.91. The molecule has 1 atom stereocenters. The Bertz CT molecular complexity index is 377. The molecule has 1 aliphatic carbocycles. The van der Waals surface area contributed by atoms with Gasteiger partial charge >= 0.3 is 0 Å². The van der Waals surface area contributed by atoms with Gasteiger partial charge in [-0.2, -0.15) is 0 Å². The van der Waals surface area contributed by atoms with Gasteiger partial charge in [-0.1, -0.05) is 18.5 Å². The van der Waals surface area contributed by atoms with Crippen LogP contribution in [0, 0.1) is 11.8 Å². The van der Waals surface area contributed by atoms with Gasteiger partial charge in [0.2, 0.25) is 5.91 Å². The highest BCUT2D eigenvalue weighted by molar-refractivity contribution is 6.30. The molecule has 1 fully saturated rings. The van der Waals surface area contributed by atoms with Crippen molar-refractivity contribution in [2.24, 2.45) is 11.8 Å². The molecule has 2 rings (SSSR count). The molecule has 1 aromatic heterocycles. The summed E-state index contributed by atoms with van der Waals surface area (Å²) >= 11 is 5.79. The molecule has 0 saturated heterocycles. The highest BCUT2D eigenvalue weighted by atomic mass is 35.5. The van der Waals surface area contributed by atoms with Crippen molar-refractivity contribution in [2.45, 2.75) is 19.8 Å². The van der Waals surface area contributed by atoms with E-state index in [2.05, 4.69) is 10.3 Å². The van der Waals surface area contributed by atoms with Crippen LogP contribution in [-0.2, 0) is 4.79 Å². The Morgan fingerprint density at radius 1 is 1.67 bits per heavy atom. The van der Waals surface area contributed by atoms with Crippen molar-refractivity contribution in [1.82, 2.24) is 4.98 Å². The number of anilines is 1. The van der Waals surface area contributed by atoms with E-state index in [1.54, 1.807) is 18.3 Å². The molecule has 1 amide bonds. The number of aromatic nitrogens is 1. The Morgan fingerprint density at radius 3 is 3.00 bits per heavy atom. The lowest BCUT2D eigenvalue weighted by Gasteiger charge is -2.10. The van der Waals surface area contributed by atoms with E-state index in [9.17, 15) is 4.79 Å². The van der Waals surface area contributed by atoms with E-state index in [1.165, 1.54) is 0 Å². The van der Waals surface area contributed by atoms with Gasteiger partial charge in [-0.3, -0.25) is 4.79 Å². The number of nitrogens with one attached hydrogen (secondary N) is 1. The molecule has 0 radical (unpaired) electrons. The zero-order chi connectivity index (χ0) is 10.8. The molecular weight excluding hydrogens is 212 g/mol. The minimum absolute atomic E-state index is 0.0345. The van der Waals surface area contributed by atoms with Crippen LogP contribution in [0.5, 0.6) is 0 Å². The second-order valence-electron chi connectivity index (χ2n) is 3.97. The number of pyridine rings is 1. The molecule has 1 unspecified atom stereocenters. The summed E-state index contributed by atoms with van der Waals surface area (Å²) in [4.78, 5) is 15.7. The second-order valence-corrected chi connectivity index (χ2v) is 4.41. The first kappa shape index (κ1) is 10.4. The summed E-state index contributed by atoms with van der Waals surface area (Å²) in [6, 6.07) is 3.33. The fourth-order valence-corrected chi connectivity index (χ4v) is 1.68. The number of hydrogen-bond acceptors (Lipinski definition) is 2. The highest BCUT2D eigenvalue weighted by Crippen LogP contribution is 2.36. The Hall–Kier alpha value is -1.09. The lowest BCUT2D eigenvalue weighted by molar-refractivity contribution is -0.119. The maximum Gasteiger partial charge on any atom is 0.228 e. The van der Waals surface area contributed by atoms with Crippen LogP contribution in [0.3, 0.4) is 0 Å². The molecule has 4 heteroatoms. The topological polar surface area (TPSA) is 42.0 Å². The van der Waals surface area contributed by atoms with Gasteiger partial charge in [0.1, 0.15) is 5.82 Å². The predicted molar refractivity (Wildman–Crippen MR) is 59.8 cm³/mol. The number of hydrogen-bond donors (Lipinski definition) is 1. The van der Waals surface area contributed by atoms with Crippen LogP contribution < -0.4 is 5.32 Å². The first-order valence-corrected chi connectivity index (χ1v) is 5.47. The molecule has 0 spiro atoms. The standard InChI is InChI=1S/C11H13ClN2O/c1-7(8-2-3-8)11(15)14-10-6-9(12)4-5-13-10/h4-8H,2-3H2,1H3,(H,13,14,15). The first-order valence-electron chi connectivity index (χ1n) is 5.09. The summed E-state index contributed by atoms with van der Waals surface area (Å²) in [6.45, 7) is 1.96. The maximum absolute atomic E-state index is 11.7. The smallest absolute Gasteiger partial charge is 0.228 e. The van der Waals surface area contributed by atoms with Crippen LogP contribution in [0.25, 0.3) is 0 Å². The van der Waals surface area contributed by atoms with E-state index in [4.69, 9.17) is 11.6 Å². The molecule has 3 nitrogen and oxygen atoms in total. The van der Waals surface area contributed by atoms with E-state index >= 15 is 0 Å². The Morgan fingerprint density at radius 2 is 2.40 bits per heavy atom. The fourth-order valence-electron chi connectivity index (χ4n) is 1.52. The van der Waals surface area contributed by atoms with Crippen LogP contribution in [0.2, 0.25) is 5.02 Å². The molecule has 0 bridgehead atoms. The third kappa shape index (κ3) is 2.69. The maximum atomic E-state index is 11.7. The number of halogens is 1. The second kappa shape index (κ2) is 4.19. The van der Waals surface area contributed by atoms with Gasteiger partial charge in [0.25, 0.3) is 0 Å². The predicted octanol–water partition coefficient (Wildman–Crippen LogP) is 2.72. The van der Waals surface area contributed by atoms with Crippen molar-refractivity contribution in [3.8, 4) is 0 Å². The minimum Gasteiger partial charge on any atom is -0.310 e. The molecule has 80 valence electrons. The molecule has 1 aliphatic rings. The Kier molecular flexibility index (Phi) is 2.91. The molecule has 1 N–H and O–H groups in total. The molecule has 0 aromatic carbocycles. The molecule has 1 aromatic rings. The number of amides is 1. The molecule has 0 aliphatic heterocycles. The SMILES string of the molecule is CC(C(=O)Nc1cc(Cl)ccn1)C1CC1. The van der Waals surface area contributed by atoms with Gasteiger partial charge in [-0.25, -0.2) is 4.98 Å². The zero-order valence-corrected chi connectivity index (χ0v) is 9.29. The van der Waals surface area contributed by atoms with Crippen LogP contribution in [0.1, 0.15) is 19.8 Å². The van der Waals surface area contributed by atoms with Crippen LogP contribution in [0.4, 0.5) is 5.82 Å². The van der Waals surface area contributed by atoms with E-state index in [0.29, 0.717) is 16.8 Å². The normalized spacial score (nSPS) is 17.2. The molecule has 1 heterocycles. The van der Waals surface area contributed by atoms with Crippen molar-refractivity contribution in [3.63, 3.8) is 0 Å². The first-order chi connectivity index (χ1) is 7.16. The van der Waals surface area contributed by atoms with Crippen LogP contribution in [0.15, 0.2) is 18.3 Å². The van der Waals surface area contributed by atoms with Gasteiger partial charge in [0.15, 0.2) is 0 Å². The summed E-state index contributed by atoms with van der Waals surface area (Å²) in [7, 11) is 0. The third-order valence-corrected chi connectivity index (χ3v) is 2.95. The largest absolute Gasteiger partial charge is 0.310 e. The Labute approximate surface area is 93.8 Å². The van der Waals surface area contributed by atoms with E-state index < -0.39 is 0 Å². The summed E-state index contributed by atoms with van der Waals surface area (Å²) in [5, 5.41) is 3.35. The van der Waals surface area contributed by atoms with E-state index in [-0.39, 0.29) is 11.8 Å². The molecule has 1 saturated carbocycles. The van der Waals surface area contributed by atoms with Crippen LogP contribution >= 0.6 is 11.6 Å². The van der Waals surface area contributed by atoms with Gasteiger partial charge in [0.05, 0.1) is 0 Å². The van der Waals surface area contributed by atoms with Crippen molar-refractivity contribution in [3.05, 3.63) is 23.4 Å². The summed E-state index contributed by atoms with van der Waals surface area (Å²) in [5.74, 6) is 1.20. The number of rotatable bonds is 3. The van der Waals surface area contributed by atoms with Crippen LogP contribution in [-0.4, -0.2) is 10.9 Å². The average molecular weight is 225 g/mol. The van der Waals surface area contributed by atoms with Gasteiger partial charge in [0, 0.05) is 17.1 Å². The highest BCUT2D eigenvalue weighted by Gasteiger charge is 2.32. The van der Waals surface area contributed by atoms with Gasteiger partial charge in [-0.15, -0.1) is 0 Å². The number of carbonyl (C=O) groups excluding carboxylic acids is 1. The molecule has 15 heavy (non-hydrogen) atoms. The van der Waals surface area contributed by atoms with E-state index in [0.717, 1.165) is 12.8 Å². The zero-order valence-electron chi connectivity index (χ0n) is 8.53. The van der Waals surface area contributed by atoms with Gasteiger partial charge < -0.3 is 5.32 Å². The van der Waals surface area contributed by atoms with Crippen molar-refractivity contribution in [1.29, 1.82) is 0 Å². The number of carbonyl (C=O) groups is 1. The van der Waals surface area contributed by atoms with Crippen molar-refractivity contribution < 1.29 is 4.79 Å². The minimum atomic E-state index is 0.0345. The average Bonchev–Trinajstić information content (AvgIpc) is 2.99. The van der Waals surface area contributed by atoms with Crippen molar-refractivity contribution >= 4 is 23.3 Å². The molecular formula is C11H13ClN2O. The lowest BCUT2D eigenvalue weighted by atomic mass is 10.1. The fraction of sp³-hybridized carbons (Fsp3) is 0.455. The van der Waals surface area contributed by atoms with E-state index in [1.807, 2.05) is 6.92 Å². The summed E-state index contributed by atoms with van der Waals surface area (Å²) < 4.78 is 0. The number of nitrogens with zero attached hydrogens (tertiary/aromatic N) is 1. The Balaban J connectivity index is 1.98. The van der Waals surface area contributed by atoms with Gasteiger partial charge in [-0.05, 0) is 30.9 Å². The quantitative estimate of drug-likeness (QED) is 0.858. The third-order valence-electron chi connectivity index (χ3n) is 2.72. The monoisotopic (exact) mass is 224 g/mol. The summed E-state index contributed by atoms with van der Waals surface area (Å²) in [5.41, 5.74) is 0.